The third-order valence-corrected chi connectivity index (χ3v) is 4.23. The minimum Gasteiger partial charge on any atom is -0.465 e. The molecule has 1 aliphatic carbocycles. The van der Waals surface area contributed by atoms with Crippen molar-refractivity contribution < 1.29 is 14.6 Å². The summed E-state index contributed by atoms with van der Waals surface area (Å²) in [5.41, 5.74) is 0.218. The standard InChI is InChI=1S/C16H20N2O3/c1-18(15(19)20)16(12-17)9-7-14(8-10-16)21-11-13-5-3-2-4-6-13/h2-6,14H,7-11H2,1H3,(H,19,20). The molecule has 0 saturated heterocycles. The molecule has 0 atom stereocenters. The van der Waals surface area contributed by atoms with E-state index in [0.29, 0.717) is 32.3 Å². The van der Waals surface area contributed by atoms with Gasteiger partial charge in [-0.1, -0.05) is 30.3 Å². The molecule has 1 fully saturated rings. The highest BCUT2D eigenvalue weighted by molar-refractivity contribution is 5.66. The van der Waals surface area contributed by atoms with Gasteiger partial charge in [-0.3, -0.25) is 4.90 Å². The van der Waals surface area contributed by atoms with Crippen molar-refractivity contribution >= 4 is 6.09 Å². The van der Waals surface area contributed by atoms with Crippen LogP contribution in [0.4, 0.5) is 4.79 Å². The smallest absolute Gasteiger partial charge is 0.408 e. The fourth-order valence-electron chi connectivity index (χ4n) is 2.73. The topological polar surface area (TPSA) is 73.6 Å². The van der Waals surface area contributed by atoms with Crippen LogP contribution in [0.2, 0.25) is 0 Å². The second-order valence-corrected chi connectivity index (χ2v) is 5.48. The number of ether oxygens (including phenoxy) is 1. The highest BCUT2D eigenvalue weighted by Gasteiger charge is 2.41. The second-order valence-electron chi connectivity index (χ2n) is 5.48. The molecule has 1 aliphatic rings. The summed E-state index contributed by atoms with van der Waals surface area (Å²) < 4.78 is 5.87. The minimum absolute atomic E-state index is 0.0916. The maximum absolute atomic E-state index is 11.1. The summed E-state index contributed by atoms with van der Waals surface area (Å²) in [4.78, 5) is 12.2. The Kier molecular flexibility index (Phi) is 4.81. The lowest BCUT2D eigenvalue weighted by molar-refractivity contribution is -0.0106. The summed E-state index contributed by atoms with van der Waals surface area (Å²) in [6.45, 7) is 0.555. The van der Waals surface area contributed by atoms with E-state index in [1.807, 2.05) is 30.3 Å². The molecule has 0 unspecified atom stereocenters. The summed E-state index contributed by atoms with van der Waals surface area (Å²) in [5, 5.41) is 18.5. The number of carbonyl (C=O) groups is 1. The predicted molar refractivity (Wildman–Crippen MR) is 77.6 cm³/mol. The summed E-state index contributed by atoms with van der Waals surface area (Å²) >= 11 is 0. The van der Waals surface area contributed by atoms with Gasteiger partial charge in [-0.25, -0.2) is 4.79 Å². The molecule has 5 heteroatoms. The van der Waals surface area contributed by atoms with Crippen molar-refractivity contribution in [3.8, 4) is 6.07 Å². The van der Waals surface area contributed by atoms with E-state index in [9.17, 15) is 10.1 Å². The molecular weight excluding hydrogens is 268 g/mol. The van der Waals surface area contributed by atoms with Crippen LogP contribution >= 0.6 is 0 Å². The highest BCUT2D eigenvalue weighted by Crippen LogP contribution is 2.34. The van der Waals surface area contributed by atoms with Gasteiger partial charge < -0.3 is 9.84 Å². The van der Waals surface area contributed by atoms with Crippen LogP contribution in [-0.2, 0) is 11.3 Å². The van der Waals surface area contributed by atoms with Crippen LogP contribution in [0.25, 0.3) is 0 Å². The van der Waals surface area contributed by atoms with Gasteiger partial charge in [0.25, 0.3) is 0 Å². The third-order valence-electron chi connectivity index (χ3n) is 4.23. The van der Waals surface area contributed by atoms with Crippen molar-refractivity contribution in [1.82, 2.24) is 4.90 Å². The Morgan fingerprint density at radius 2 is 2.05 bits per heavy atom. The second kappa shape index (κ2) is 6.59. The largest absolute Gasteiger partial charge is 0.465 e. The van der Waals surface area contributed by atoms with Crippen LogP contribution in [0.3, 0.4) is 0 Å². The number of amides is 1. The van der Waals surface area contributed by atoms with Crippen molar-refractivity contribution in [2.24, 2.45) is 0 Å². The summed E-state index contributed by atoms with van der Waals surface area (Å²) in [6, 6.07) is 12.1. The number of nitriles is 1. The lowest BCUT2D eigenvalue weighted by atomic mass is 9.80. The Morgan fingerprint density at radius 1 is 1.43 bits per heavy atom. The van der Waals surface area contributed by atoms with E-state index < -0.39 is 11.6 Å². The molecule has 0 heterocycles. The summed E-state index contributed by atoms with van der Waals surface area (Å²) in [7, 11) is 1.47. The molecule has 0 aliphatic heterocycles. The predicted octanol–water partition coefficient (Wildman–Crippen LogP) is 3.02. The van der Waals surface area contributed by atoms with Gasteiger partial charge in [0, 0.05) is 7.05 Å². The van der Waals surface area contributed by atoms with Crippen LogP contribution in [0.5, 0.6) is 0 Å². The van der Waals surface area contributed by atoms with Gasteiger partial charge in [-0.2, -0.15) is 5.26 Å². The van der Waals surface area contributed by atoms with Crippen LogP contribution in [0, 0.1) is 11.3 Å². The molecule has 21 heavy (non-hydrogen) atoms. The fourth-order valence-corrected chi connectivity index (χ4v) is 2.73. The van der Waals surface area contributed by atoms with Crippen LogP contribution in [0.15, 0.2) is 30.3 Å². The molecule has 1 amide bonds. The van der Waals surface area contributed by atoms with Gasteiger partial charge in [-0.15, -0.1) is 0 Å². The SMILES string of the molecule is CN(C(=O)O)C1(C#N)CCC(OCc2ccccc2)CC1. The van der Waals surface area contributed by atoms with Gasteiger partial charge in [0.15, 0.2) is 0 Å². The lowest BCUT2D eigenvalue weighted by Crippen LogP contribution is -2.51. The molecule has 0 aromatic heterocycles. The maximum Gasteiger partial charge on any atom is 0.408 e. The first-order valence-corrected chi connectivity index (χ1v) is 7.11. The molecule has 2 rings (SSSR count). The maximum atomic E-state index is 11.1. The first kappa shape index (κ1) is 15.3. The van der Waals surface area contributed by atoms with Crippen molar-refractivity contribution in [3.63, 3.8) is 0 Å². The molecule has 1 aromatic carbocycles. The number of nitrogens with zero attached hydrogens (tertiary/aromatic N) is 2. The Labute approximate surface area is 124 Å². The zero-order valence-corrected chi connectivity index (χ0v) is 12.2. The van der Waals surface area contributed by atoms with E-state index in [-0.39, 0.29) is 6.10 Å². The van der Waals surface area contributed by atoms with E-state index in [1.54, 1.807) is 0 Å². The van der Waals surface area contributed by atoms with Gasteiger partial charge in [-0.05, 0) is 31.2 Å². The van der Waals surface area contributed by atoms with Crippen molar-refractivity contribution in [2.75, 3.05) is 7.05 Å². The van der Waals surface area contributed by atoms with Gasteiger partial charge in [0.2, 0.25) is 0 Å². The Hall–Kier alpha value is -2.06. The third kappa shape index (κ3) is 3.53. The molecular formula is C16H20N2O3. The minimum atomic E-state index is -1.06. The summed E-state index contributed by atoms with van der Waals surface area (Å²) in [5.74, 6) is 0. The number of rotatable bonds is 4. The van der Waals surface area contributed by atoms with Crippen LogP contribution < -0.4 is 0 Å². The first-order valence-electron chi connectivity index (χ1n) is 7.11. The highest BCUT2D eigenvalue weighted by atomic mass is 16.5. The average Bonchev–Trinajstić information content (AvgIpc) is 2.53. The van der Waals surface area contributed by atoms with Crippen molar-refractivity contribution in [3.05, 3.63) is 35.9 Å². The number of benzene rings is 1. The first-order chi connectivity index (χ1) is 10.1. The van der Waals surface area contributed by atoms with E-state index in [4.69, 9.17) is 9.84 Å². The Morgan fingerprint density at radius 3 is 2.57 bits per heavy atom. The van der Waals surface area contributed by atoms with E-state index in [1.165, 1.54) is 7.05 Å². The van der Waals surface area contributed by atoms with E-state index >= 15 is 0 Å². The number of carboxylic acid groups (broad SMARTS) is 1. The fraction of sp³-hybridized carbons (Fsp3) is 0.500. The number of hydrogen-bond acceptors (Lipinski definition) is 3. The van der Waals surface area contributed by atoms with E-state index in [0.717, 1.165) is 10.5 Å². The molecule has 112 valence electrons. The molecule has 1 aromatic rings. The van der Waals surface area contributed by atoms with Gasteiger partial charge in [0.1, 0.15) is 5.54 Å². The molecule has 1 N–H and O–H groups in total. The monoisotopic (exact) mass is 288 g/mol. The molecule has 0 radical (unpaired) electrons. The molecule has 5 nitrogen and oxygen atoms in total. The van der Waals surface area contributed by atoms with Crippen LogP contribution in [0.1, 0.15) is 31.2 Å². The normalized spacial score (nSPS) is 25.0. The van der Waals surface area contributed by atoms with E-state index in [2.05, 4.69) is 6.07 Å². The zero-order valence-electron chi connectivity index (χ0n) is 12.2. The quantitative estimate of drug-likeness (QED) is 0.924. The zero-order chi connectivity index (χ0) is 15.3. The Balaban J connectivity index is 1.88. The average molecular weight is 288 g/mol. The van der Waals surface area contributed by atoms with Gasteiger partial charge >= 0.3 is 6.09 Å². The van der Waals surface area contributed by atoms with Crippen LogP contribution in [-0.4, -0.2) is 34.8 Å². The lowest BCUT2D eigenvalue weighted by Gasteiger charge is -2.39. The molecule has 0 bridgehead atoms. The van der Waals surface area contributed by atoms with Crippen molar-refractivity contribution in [2.45, 2.75) is 43.9 Å². The number of hydrogen-bond donors (Lipinski definition) is 1. The van der Waals surface area contributed by atoms with Crippen molar-refractivity contribution in [1.29, 1.82) is 5.26 Å². The molecule has 1 saturated carbocycles. The molecule has 0 spiro atoms. The Bertz CT molecular complexity index is 516. The summed E-state index contributed by atoms with van der Waals surface area (Å²) in [6.07, 6.45) is 1.49. The van der Waals surface area contributed by atoms with Gasteiger partial charge in [0.05, 0.1) is 18.8 Å².